The number of pyridine rings is 1. The Kier molecular flexibility index (Phi) is 3.22. The van der Waals surface area contributed by atoms with E-state index in [2.05, 4.69) is 52.7 Å². The van der Waals surface area contributed by atoms with E-state index in [1.165, 1.54) is 5.56 Å². The predicted molar refractivity (Wildman–Crippen MR) is 68.9 cm³/mol. The van der Waals surface area contributed by atoms with E-state index in [1.54, 1.807) is 0 Å². The Morgan fingerprint density at radius 1 is 1.50 bits per heavy atom. The van der Waals surface area contributed by atoms with Gasteiger partial charge in [0.25, 0.3) is 0 Å². The molecular weight excluding hydrogens is 268 g/mol. The molecule has 1 aliphatic heterocycles. The van der Waals surface area contributed by atoms with Crippen LogP contribution in [0.2, 0.25) is 0 Å². The average Bonchev–Trinajstić information content (AvgIpc) is 2.15. The fraction of sp³-hybridized carbons (Fsp3) is 0.583. The number of aromatic nitrogens is 1. The van der Waals surface area contributed by atoms with Gasteiger partial charge in [0, 0.05) is 23.8 Å². The van der Waals surface area contributed by atoms with Crippen molar-refractivity contribution in [2.75, 3.05) is 24.6 Å². The number of nitrogens with zero attached hydrogens (tertiary/aromatic N) is 2. The lowest BCUT2D eigenvalue weighted by atomic mass is 10.1. The lowest BCUT2D eigenvalue weighted by Gasteiger charge is -2.39. The lowest BCUT2D eigenvalue weighted by molar-refractivity contribution is -0.0279. The van der Waals surface area contributed by atoms with Crippen molar-refractivity contribution in [2.24, 2.45) is 0 Å². The van der Waals surface area contributed by atoms with E-state index in [9.17, 15) is 0 Å². The van der Waals surface area contributed by atoms with Gasteiger partial charge in [-0.15, -0.1) is 0 Å². The molecule has 0 bridgehead atoms. The minimum atomic E-state index is -0.0839. The standard InChI is InChI=1S/C12H17BrN2O/c1-9-6-10(13)7-14-11(9)15-4-5-16-12(2,3)8-15/h6-7H,4-5,8H2,1-3H3. The highest BCUT2D eigenvalue weighted by molar-refractivity contribution is 9.10. The molecule has 2 heterocycles. The van der Waals surface area contributed by atoms with Gasteiger partial charge in [0.05, 0.1) is 12.2 Å². The zero-order chi connectivity index (χ0) is 11.8. The summed E-state index contributed by atoms with van der Waals surface area (Å²) in [5.41, 5.74) is 1.12. The number of anilines is 1. The van der Waals surface area contributed by atoms with Gasteiger partial charge in [-0.3, -0.25) is 0 Å². The molecule has 0 spiro atoms. The van der Waals surface area contributed by atoms with Crippen LogP contribution in [0.3, 0.4) is 0 Å². The molecule has 4 heteroatoms. The van der Waals surface area contributed by atoms with Gasteiger partial charge >= 0.3 is 0 Å². The number of hydrogen-bond donors (Lipinski definition) is 0. The number of hydrogen-bond acceptors (Lipinski definition) is 3. The van der Waals surface area contributed by atoms with Gasteiger partial charge in [0.1, 0.15) is 5.82 Å². The Morgan fingerprint density at radius 2 is 2.25 bits per heavy atom. The molecule has 1 aromatic heterocycles. The Bertz CT molecular complexity index is 393. The summed E-state index contributed by atoms with van der Waals surface area (Å²) in [7, 11) is 0. The summed E-state index contributed by atoms with van der Waals surface area (Å²) in [5.74, 6) is 1.07. The van der Waals surface area contributed by atoms with E-state index in [-0.39, 0.29) is 5.60 Å². The number of rotatable bonds is 1. The monoisotopic (exact) mass is 284 g/mol. The second-order valence-electron chi connectivity index (χ2n) is 4.82. The molecule has 88 valence electrons. The topological polar surface area (TPSA) is 25.4 Å². The maximum atomic E-state index is 5.70. The van der Waals surface area contributed by atoms with Gasteiger partial charge in [-0.2, -0.15) is 0 Å². The molecule has 2 rings (SSSR count). The van der Waals surface area contributed by atoms with Crippen molar-refractivity contribution in [1.82, 2.24) is 4.98 Å². The van der Waals surface area contributed by atoms with Crippen LogP contribution in [0.25, 0.3) is 0 Å². The second-order valence-corrected chi connectivity index (χ2v) is 5.74. The third-order valence-electron chi connectivity index (χ3n) is 2.74. The number of morpholine rings is 1. The van der Waals surface area contributed by atoms with Crippen LogP contribution in [-0.2, 0) is 4.74 Å². The summed E-state index contributed by atoms with van der Waals surface area (Å²) < 4.78 is 6.73. The van der Waals surface area contributed by atoms with Crippen LogP contribution in [0, 0.1) is 6.92 Å². The fourth-order valence-electron chi connectivity index (χ4n) is 2.06. The summed E-state index contributed by atoms with van der Waals surface area (Å²) in [6, 6.07) is 2.10. The molecule has 0 amide bonds. The van der Waals surface area contributed by atoms with Crippen LogP contribution in [0.5, 0.6) is 0 Å². The van der Waals surface area contributed by atoms with Crippen molar-refractivity contribution in [3.63, 3.8) is 0 Å². The van der Waals surface area contributed by atoms with Gasteiger partial charge in [-0.1, -0.05) is 0 Å². The molecule has 3 nitrogen and oxygen atoms in total. The summed E-state index contributed by atoms with van der Waals surface area (Å²) in [6.45, 7) is 8.90. The summed E-state index contributed by atoms with van der Waals surface area (Å²) in [6.07, 6.45) is 1.85. The molecule has 0 aromatic carbocycles. The molecule has 0 saturated carbocycles. The Balaban J connectivity index is 2.23. The molecule has 16 heavy (non-hydrogen) atoms. The summed E-state index contributed by atoms with van der Waals surface area (Å²) in [5, 5.41) is 0. The van der Waals surface area contributed by atoms with Crippen LogP contribution >= 0.6 is 15.9 Å². The molecule has 0 radical (unpaired) electrons. The van der Waals surface area contributed by atoms with E-state index in [0.29, 0.717) is 0 Å². The van der Waals surface area contributed by atoms with Crippen LogP contribution in [0.15, 0.2) is 16.7 Å². The quantitative estimate of drug-likeness (QED) is 0.793. The maximum absolute atomic E-state index is 5.70. The predicted octanol–water partition coefficient (Wildman–Crippen LogP) is 2.77. The Morgan fingerprint density at radius 3 is 2.88 bits per heavy atom. The molecular formula is C12H17BrN2O. The van der Waals surface area contributed by atoms with Crippen LogP contribution < -0.4 is 4.90 Å². The Labute approximate surface area is 105 Å². The summed E-state index contributed by atoms with van der Waals surface area (Å²) >= 11 is 3.44. The van der Waals surface area contributed by atoms with Crippen molar-refractivity contribution in [3.05, 3.63) is 22.3 Å². The first-order valence-electron chi connectivity index (χ1n) is 5.49. The van der Waals surface area contributed by atoms with Gasteiger partial charge in [0.15, 0.2) is 0 Å². The molecule has 0 atom stereocenters. The molecule has 0 N–H and O–H groups in total. The SMILES string of the molecule is Cc1cc(Br)cnc1N1CCOC(C)(C)C1. The fourth-order valence-corrected chi connectivity index (χ4v) is 2.51. The van der Waals surface area contributed by atoms with Crippen LogP contribution in [0.1, 0.15) is 19.4 Å². The van der Waals surface area contributed by atoms with Crippen molar-refractivity contribution in [2.45, 2.75) is 26.4 Å². The van der Waals surface area contributed by atoms with Gasteiger partial charge in [-0.05, 0) is 48.3 Å². The summed E-state index contributed by atoms with van der Waals surface area (Å²) in [4.78, 5) is 6.79. The maximum Gasteiger partial charge on any atom is 0.131 e. The molecule has 0 unspecified atom stereocenters. The van der Waals surface area contributed by atoms with Crippen LogP contribution in [-0.4, -0.2) is 30.3 Å². The van der Waals surface area contributed by atoms with E-state index < -0.39 is 0 Å². The first-order chi connectivity index (χ1) is 7.48. The largest absolute Gasteiger partial charge is 0.372 e. The zero-order valence-electron chi connectivity index (χ0n) is 9.96. The molecule has 1 aliphatic rings. The first kappa shape index (κ1) is 11.9. The third kappa shape index (κ3) is 2.55. The minimum Gasteiger partial charge on any atom is -0.372 e. The van der Waals surface area contributed by atoms with Gasteiger partial charge in [-0.25, -0.2) is 4.98 Å². The van der Waals surface area contributed by atoms with Gasteiger partial charge < -0.3 is 9.64 Å². The molecule has 1 saturated heterocycles. The molecule has 0 aliphatic carbocycles. The highest BCUT2D eigenvalue weighted by atomic mass is 79.9. The van der Waals surface area contributed by atoms with Crippen molar-refractivity contribution in [3.8, 4) is 0 Å². The number of ether oxygens (including phenoxy) is 1. The zero-order valence-corrected chi connectivity index (χ0v) is 11.5. The van der Waals surface area contributed by atoms with Crippen molar-refractivity contribution in [1.29, 1.82) is 0 Å². The Hall–Kier alpha value is -0.610. The van der Waals surface area contributed by atoms with Crippen molar-refractivity contribution >= 4 is 21.7 Å². The molecule has 1 fully saturated rings. The molecule has 1 aromatic rings. The number of halogens is 1. The smallest absolute Gasteiger partial charge is 0.131 e. The van der Waals surface area contributed by atoms with Crippen molar-refractivity contribution < 1.29 is 4.74 Å². The van der Waals surface area contributed by atoms with E-state index >= 15 is 0 Å². The van der Waals surface area contributed by atoms with Gasteiger partial charge in [0.2, 0.25) is 0 Å². The first-order valence-corrected chi connectivity index (χ1v) is 6.28. The highest BCUT2D eigenvalue weighted by Gasteiger charge is 2.28. The van der Waals surface area contributed by atoms with E-state index in [4.69, 9.17) is 4.74 Å². The highest BCUT2D eigenvalue weighted by Crippen LogP contribution is 2.25. The third-order valence-corrected chi connectivity index (χ3v) is 3.18. The van der Waals surface area contributed by atoms with E-state index in [1.807, 2.05) is 6.20 Å². The normalized spacial score (nSPS) is 19.9. The average molecular weight is 285 g/mol. The lowest BCUT2D eigenvalue weighted by Crippen LogP contribution is -2.48. The van der Waals surface area contributed by atoms with E-state index in [0.717, 1.165) is 30.0 Å². The van der Waals surface area contributed by atoms with Crippen LogP contribution in [0.4, 0.5) is 5.82 Å². The second kappa shape index (κ2) is 4.34. The number of aryl methyl sites for hydroxylation is 1. The minimum absolute atomic E-state index is 0.0839.